The summed E-state index contributed by atoms with van der Waals surface area (Å²) in [6.45, 7) is 2.57. The molecule has 8 heteroatoms. The first-order chi connectivity index (χ1) is 17.9. The van der Waals surface area contributed by atoms with Gasteiger partial charge < -0.3 is 19.9 Å². The summed E-state index contributed by atoms with van der Waals surface area (Å²) in [7, 11) is 1.55. The molecular weight excluding hydrogens is 554 g/mol. The fourth-order valence-corrected chi connectivity index (χ4v) is 5.28. The fourth-order valence-electron chi connectivity index (χ4n) is 4.61. The molecule has 1 aliphatic rings. The molecule has 1 N–H and O–H groups in total. The highest BCUT2D eigenvalue weighted by atomic mass is 79.9. The summed E-state index contributed by atoms with van der Waals surface area (Å²) >= 11 is 9.66. The van der Waals surface area contributed by atoms with Crippen LogP contribution in [0, 0.1) is 0 Å². The van der Waals surface area contributed by atoms with Gasteiger partial charge in [-0.3, -0.25) is 9.59 Å². The van der Waals surface area contributed by atoms with E-state index >= 15 is 0 Å². The first kappa shape index (κ1) is 25.1. The quantitative estimate of drug-likeness (QED) is 0.295. The molecule has 2 amide bonds. The van der Waals surface area contributed by atoms with Gasteiger partial charge in [0.15, 0.2) is 0 Å². The van der Waals surface area contributed by atoms with Gasteiger partial charge in [0.2, 0.25) is 0 Å². The standard InChI is InChI=1S/C29H25BrClN3O3/c1-37-27-13-8-19(31)18-25(27)29(36)34-16-14-33(15-17-34)21-11-9-20(10-12-21)32-28(35)24-6-2-5-23-22(24)4-3-7-26(23)30/h2-13,18H,14-17H2,1H3,(H,32,35). The van der Waals surface area contributed by atoms with Gasteiger partial charge in [-0.15, -0.1) is 0 Å². The molecule has 0 saturated carbocycles. The number of methoxy groups -OCH3 is 1. The Hall–Kier alpha value is -3.55. The monoisotopic (exact) mass is 577 g/mol. The highest BCUT2D eigenvalue weighted by Crippen LogP contribution is 2.28. The molecule has 1 heterocycles. The van der Waals surface area contributed by atoms with Gasteiger partial charge in [0.05, 0.1) is 12.7 Å². The Bertz CT molecular complexity index is 1470. The lowest BCUT2D eigenvalue weighted by molar-refractivity contribution is 0.0743. The van der Waals surface area contributed by atoms with Crippen molar-refractivity contribution in [3.05, 3.63) is 99.5 Å². The second-order valence-corrected chi connectivity index (χ2v) is 10.1. The largest absolute Gasteiger partial charge is 0.496 e. The van der Waals surface area contributed by atoms with Crippen molar-refractivity contribution in [3.63, 3.8) is 0 Å². The Morgan fingerprint density at radius 1 is 0.865 bits per heavy atom. The Kier molecular flexibility index (Phi) is 7.35. The van der Waals surface area contributed by atoms with Crippen LogP contribution in [-0.4, -0.2) is 50.0 Å². The van der Waals surface area contributed by atoms with E-state index in [0.717, 1.165) is 26.6 Å². The van der Waals surface area contributed by atoms with Crippen LogP contribution in [0.5, 0.6) is 5.75 Å². The molecule has 1 saturated heterocycles. The zero-order chi connectivity index (χ0) is 25.9. The third-order valence-electron chi connectivity index (χ3n) is 6.56. The number of amides is 2. The Morgan fingerprint density at radius 2 is 1.57 bits per heavy atom. The molecule has 4 aromatic carbocycles. The lowest BCUT2D eigenvalue weighted by Crippen LogP contribution is -2.48. The molecule has 0 aliphatic carbocycles. The van der Waals surface area contributed by atoms with Crippen LogP contribution in [0.3, 0.4) is 0 Å². The first-order valence-electron chi connectivity index (χ1n) is 11.9. The molecule has 4 aromatic rings. The summed E-state index contributed by atoms with van der Waals surface area (Å²) in [5, 5.41) is 5.40. The zero-order valence-corrected chi connectivity index (χ0v) is 22.6. The molecule has 0 radical (unpaired) electrons. The van der Waals surface area contributed by atoms with Crippen LogP contribution in [0.25, 0.3) is 10.8 Å². The number of nitrogens with zero attached hydrogens (tertiary/aromatic N) is 2. The summed E-state index contributed by atoms with van der Waals surface area (Å²) in [6.07, 6.45) is 0. The van der Waals surface area contributed by atoms with Gasteiger partial charge in [-0.25, -0.2) is 0 Å². The second-order valence-electron chi connectivity index (χ2n) is 8.77. The second kappa shape index (κ2) is 10.8. The van der Waals surface area contributed by atoms with E-state index < -0.39 is 0 Å². The van der Waals surface area contributed by atoms with Gasteiger partial charge in [-0.05, 0) is 65.4 Å². The smallest absolute Gasteiger partial charge is 0.257 e. The van der Waals surface area contributed by atoms with Crippen molar-refractivity contribution in [2.24, 2.45) is 0 Å². The number of halogens is 2. The van der Waals surface area contributed by atoms with Crippen molar-refractivity contribution in [2.45, 2.75) is 0 Å². The lowest BCUT2D eigenvalue weighted by Gasteiger charge is -2.36. The van der Waals surface area contributed by atoms with Crippen LogP contribution < -0.4 is 15.0 Å². The summed E-state index contributed by atoms with van der Waals surface area (Å²) in [6, 6.07) is 24.4. The van der Waals surface area contributed by atoms with E-state index in [1.165, 1.54) is 0 Å². The summed E-state index contributed by atoms with van der Waals surface area (Å²) < 4.78 is 6.30. The van der Waals surface area contributed by atoms with Crippen LogP contribution in [-0.2, 0) is 0 Å². The molecule has 37 heavy (non-hydrogen) atoms. The molecule has 5 rings (SSSR count). The maximum Gasteiger partial charge on any atom is 0.257 e. The van der Waals surface area contributed by atoms with E-state index in [1.807, 2.05) is 65.6 Å². The number of nitrogens with one attached hydrogen (secondary N) is 1. The van der Waals surface area contributed by atoms with Gasteiger partial charge >= 0.3 is 0 Å². The number of hydrogen-bond acceptors (Lipinski definition) is 4. The average molecular weight is 579 g/mol. The molecule has 188 valence electrons. The van der Waals surface area contributed by atoms with Crippen LogP contribution in [0.2, 0.25) is 5.02 Å². The van der Waals surface area contributed by atoms with Crippen LogP contribution in [0.4, 0.5) is 11.4 Å². The average Bonchev–Trinajstić information content (AvgIpc) is 2.93. The van der Waals surface area contributed by atoms with Crippen molar-refractivity contribution in [2.75, 3.05) is 43.5 Å². The fraction of sp³-hybridized carbons (Fsp3) is 0.172. The number of carbonyl (C=O) groups is 2. The van der Waals surface area contributed by atoms with Gasteiger partial charge in [0.25, 0.3) is 11.8 Å². The van der Waals surface area contributed by atoms with E-state index in [-0.39, 0.29) is 11.8 Å². The summed E-state index contributed by atoms with van der Waals surface area (Å²) in [5.41, 5.74) is 2.87. The summed E-state index contributed by atoms with van der Waals surface area (Å²) in [5.74, 6) is 0.281. The highest BCUT2D eigenvalue weighted by Gasteiger charge is 2.25. The van der Waals surface area contributed by atoms with Gasteiger partial charge in [0, 0.05) is 52.6 Å². The summed E-state index contributed by atoms with van der Waals surface area (Å²) in [4.78, 5) is 30.1. The van der Waals surface area contributed by atoms with Gasteiger partial charge in [0.1, 0.15) is 5.75 Å². The maximum atomic E-state index is 13.1. The van der Waals surface area contributed by atoms with Crippen LogP contribution in [0.15, 0.2) is 83.3 Å². The van der Waals surface area contributed by atoms with Crippen molar-refractivity contribution in [3.8, 4) is 5.75 Å². The van der Waals surface area contributed by atoms with E-state index in [0.29, 0.717) is 48.1 Å². The lowest BCUT2D eigenvalue weighted by atomic mass is 10.0. The molecule has 6 nitrogen and oxygen atoms in total. The molecule has 0 unspecified atom stereocenters. The Morgan fingerprint density at radius 3 is 2.30 bits per heavy atom. The molecule has 1 fully saturated rings. The van der Waals surface area contributed by atoms with Crippen LogP contribution in [0.1, 0.15) is 20.7 Å². The topological polar surface area (TPSA) is 61.9 Å². The maximum absolute atomic E-state index is 13.1. The molecular formula is C29H25BrClN3O3. The first-order valence-corrected chi connectivity index (χ1v) is 13.1. The van der Waals surface area contributed by atoms with Gasteiger partial charge in [-0.2, -0.15) is 0 Å². The minimum atomic E-state index is -0.153. The number of hydrogen-bond donors (Lipinski definition) is 1. The highest BCUT2D eigenvalue weighted by molar-refractivity contribution is 9.10. The zero-order valence-electron chi connectivity index (χ0n) is 20.2. The van der Waals surface area contributed by atoms with Crippen molar-refractivity contribution in [1.29, 1.82) is 0 Å². The number of carbonyl (C=O) groups excluding carboxylic acids is 2. The molecule has 0 aromatic heterocycles. The number of piperazine rings is 1. The van der Waals surface area contributed by atoms with Gasteiger partial charge in [-0.1, -0.05) is 51.8 Å². The SMILES string of the molecule is COc1ccc(Cl)cc1C(=O)N1CCN(c2ccc(NC(=O)c3cccc4c(Br)cccc34)cc2)CC1. The van der Waals surface area contributed by atoms with E-state index in [1.54, 1.807) is 25.3 Å². The predicted molar refractivity (Wildman–Crippen MR) is 152 cm³/mol. The van der Waals surface area contributed by atoms with Crippen molar-refractivity contribution >= 4 is 61.5 Å². The third-order valence-corrected chi connectivity index (χ3v) is 7.49. The molecule has 0 spiro atoms. The number of rotatable bonds is 5. The molecule has 0 bridgehead atoms. The number of fused-ring (bicyclic) bond motifs is 1. The van der Waals surface area contributed by atoms with Crippen molar-refractivity contribution in [1.82, 2.24) is 4.90 Å². The molecule has 0 atom stereocenters. The minimum Gasteiger partial charge on any atom is -0.496 e. The number of anilines is 2. The number of ether oxygens (including phenoxy) is 1. The van der Waals surface area contributed by atoms with Crippen molar-refractivity contribution < 1.29 is 14.3 Å². The van der Waals surface area contributed by atoms with E-state index in [4.69, 9.17) is 16.3 Å². The predicted octanol–water partition coefficient (Wildman–Crippen LogP) is 6.48. The Balaban J connectivity index is 1.22. The Labute approximate surface area is 228 Å². The molecule has 1 aliphatic heterocycles. The normalized spacial score (nSPS) is 13.5. The van der Waals surface area contributed by atoms with E-state index in [9.17, 15) is 9.59 Å². The number of benzene rings is 4. The minimum absolute atomic E-state index is 0.0856. The van der Waals surface area contributed by atoms with Crippen LogP contribution >= 0.6 is 27.5 Å². The van der Waals surface area contributed by atoms with E-state index in [2.05, 4.69) is 26.1 Å². The third kappa shape index (κ3) is 5.29.